The molecular formula is C10H16N2S. The van der Waals surface area contributed by atoms with Crippen LogP contribution in [0.2, 0.25) is 0 Å². The Hall–Kier alpha value is -0.540. The highest BCUT2D eigenvalue weighted by Crippen LogP contribution is 2.20. The highest BCUT2D eigenvalue weighted by atomic mass is 32.2. The summed E-state index contributed by atoms with van der Waals surface area (Å²) in [6.45, 7) is 2.78. The summed E-state index contributed by atoms with van der Waals surface area (Å²) >= 11 is 1.81. The van der Waals surface area contributed by atoms with Crippen LogP contribution in [0.25, 0.3) is 0 Å². The highest BCUT2D eigenvalue weighted by Gasteiger charge is 2.00. The maximum atomic E-state index is 5.60. The fraction of sp³-hybridized carbons (Fsp3) is 0.500. The van der Waals surface area contributed by atoms with E-state index in [9.17, 15) is 0 Å². The minimum atomic E-state index is 0.586. The molecule has 0 aliphatic carbocycles. The predicted octanol–water partition coefficient (Wildman–Crippen LogP) is 2.43. The van der Waals surface area contributed by atoms with Gasteiger partial charge in [0.1, 0.15) is 5.03 Å². The summed E-state index contributed by atoms with van der Waals surface area (Å²) in [5, 5.41) is 1.10. The maximum Gasteiger partial charge on any atom is 0.100 e. The Morgan fingerprint density at radius 3 is 3.08 bits per heavy atom. The minimum absolute atomic E-state index is 0.586. The van der Waals surface area contributed by atoms with Crippen molar-refractivity contribution in [2.75, 3.05) is 5.75 Å². The van der Waals surface area contributed by atoms with Gasteiger partial charge in [0.15, 0.2) is 0 Å². The molecule has 0 radical (unpaired) electrons. The summed E-state index contributed by atoms with van der Waals surface area (Å²) in [4.78, 5) is 4.30. The van der Waals surface area contributed by atoms with Crippen LogP contribution in [-0.2, 0) is 6.54 Å². The van der Waals surface area contributed by atoms with E-state index in [1.54, 1.807) is 11.8 Å². The Labute approximate surface area is 83.9 Å². The van der Waals surface area contributed by atoms with Gasteiger partial charge in [0.05, 0.1) is 0 Å². The first-order valence-electron chi connectivity index (χ1n) is 4.65. The molecule has 1 rings (SSSR count). The largest absolute Gasteiger partial charge is 0.326 e. The molecule has 1 aromatic heterocycles. The molecule has 0 saturated carbocycles. The molecule has 1 aromatic rings. The predicted molar refractivity (Wildman–Crippen MR) is 57.8 cm³/mol. The average Bonchev–Trinajstić information content (AvgIpc) is 2.19. The summed E-state index contributed by atoms with van der Waals surface area (Å²) in [5.74, 6) is 1.14. The zero-order valence-electron chi connectivity index (χ0n) is 7.99. The van der Waals surface area contributed by atoms with Crippen molar-refractivity contribution in [3.63, 3.8) is 0 Å². The normalized spacial score (nSPS) is 10.3. The van der Waals surface area contributed by atoms with Gasteiger partial charge in [-0.05, 0) is 23.8 Å². The highest BCUT2D eigenvalue weighted by molar-refractivity contribution is 7.99. The second kappa shape index (κ2) is 6.00. The lowest BCUT2D eigenvalue weighted by atomic mass is 10.3. The molecule has 0 amide bonds. The number of hydrogen-bond acceptors (Lipinski definition) is 3. The lowest BCUT2D eigenvalue weighted by Gasteiger charge is -2.04. The molecule has 0 aliphatic heterocycles. The molecule has 0 atom stereocenters. The van der Waals surface area contributed by atoms with Crippen LogP contribution in [0, 0.1) is 0 Å². The third-order valence-corrected chi connectivity index (χ3v) is 2.94. The number of hydrogen-bond donors (Lipinski definition) is 1. The molecule has 1 heterocycles. The molecule has 0 aromatic carbocycles. The smallest absolute Gasteiger partial charge is 0.100 e. The fourth-order valence-electron chi connectivity index (χ4n) is 1.02. The van der Waals surface area contributed by atoms with Crippen LogP contribution in [0.4, 0.5) is 0 Å². The summed E-state index contributed by atoms with van der Waals surface area (Å²) < 4.78 is 0. The van der Waals surface area contributed by atoms with E-state index < -0.39 is 0 Å². The molecule has 0 fully saturated rings. The molecule has 0 unspecified atom stereocenters. The molecule has 0 spiro atoms. The number of unbranched alkanes of at least 4 members (excludes halogenated alkanes) is 1. The molecule has 0 bridgehead atoms. The van der Waals surface area contributed by atoms with E-state index in [-0.39, 0.29) is 0 Å². The zero-order valence-corrected chi connectivity index (χ0v) is 8.81. The third-order valence-electron chi connectivity index (χ3n) is 1.81. The van der Waals surface area contributed by atoms with Crippen molar-refractivity contribution in [3.05, 3.63) is 23.9 Å². The van der Waals surface area contributed by atoms with Crippen LogP contribution in [0.15, 0.2) is 23.4 Å². The third kappa shape index (κ3) is 3.36. The fourth-order valence-corrected chi connectivity index (χ4v) is 2.12. The quantitative estimate of drug-likeness (QED) is 0.580. The Balaban J connectivity index is 2.54. The molecule has 3 heteroatoms. The number of nitrogens with two attached hydrogens (primary N) is 1. The van der Waals surface area contributed by atoms with Crippen LogP contribution < -0.4 is 5.73 Å². The van der Waals surface area contributed by atoms with Crippen molar-refractivity contribution in [1.29, 1.82) is 0 Å². The second-order valence-corrected chi connectivity index (χ2v) is 3.96. The van der Waals surface area contributed by atoms with E-state index in [2.05, 4.69) is 11.9 Å². The van der Waals surface area contributed by atoms with E-state index in [0.717, 1.165) is 16.3 Å². The molecule has 72 valence electrons. The van der Waals surface area contributed by atoms with Crippen molar-refractivity contribution in [1.82, 2.24) is 4.98 Å². The van der Waals surface area contributed by atoms with E-state index in [4.69, 9.17) is 5.73 Å². The van der Waals surface area contributed by atoms with Gasteiger partial charge in [-0.3, -0.25) is 0 Å². The van der Waals surface area contributed by atoms with Crippen molar-refractivity contribution < 1.29 is 0 Å². The topological polar surface area (TPSA) is 38.9 Å². The summed E-state index contributed by atoms with van der Waals surface area (Å²) in [6, 6.07) is 3.98. The molecule has 0 saturated heterocycles. The average molecular weight is 196 g/mol. The molecule has 0 aliphatic rings. The standard InChI is InChI=1S/C10H16N2S/c1-2-3-7-13-10-9(8-11)5-4-6-12-10/h4-6H,2-3,7-8,11H2,1H3. The van der Waals surface area contributed by atoms with E-state index in [1.807, 2.05) is 18.3 Å². The van der Waals surface area contributed by atoms with Crippen LogP contribution in [-0.4, -0.2) is 10.7 Å². The summed E-state index contributed by atoms with van der Waals surface area (Å²) in [5.41, 5.74) is 6.76. The summed E-state index contributed by atoms with van der Waals surface area (Å²) in [6.07, 6.45) is 4.30. The SMILES string of the molecule is CCCCSc1ncccc1CN. The van der Waals surface area contributed by atoms with Gasteiger partial charge in [0.2, 0.25) is 0 Å². The van der Waals surface area contributed by atoms with Gasteiger partial charge in [0, 0.05) is 12.7 Å². The number of rotatable bonds is 5. The van der Waals surface area contributed by atoms with Gasteiger partial charge >= 0.3 is 0 Å². The van der Waals surface area contributed by atoms with Crippen molar-refractivity contribution in [3.8, 4) is 0 Å². The maximum absolute atomic E-state index is 5.60. The lowest BCUT2D eigenvalue weighted by Crippen LogP contribution is -1.99. The van der Waals surface area contributed by atoms with Gasteiger partial charge in [0.25, 0.3) is 0 Å². The number of pyridine rings is 1. The minimum Gasteiger partial charge on any atom is -0.326 e. The Morgan fingerprint density at radius 2 is 2.38 bits per heavy atom. The number of thioether (sulfide) groups is 1. The van der Waals surface area contributed by atoms with Gasteiger partial charge in [-0.25, -0.2) is 4.98 Å². The van der Waals surface area contributed by atoms with Crippen LogP contribution in [0.3, 0.4) is 0 Å². The van der Waals surface area contributed by atoms with Crippen LogP contribution >= 0.6 is 11.8 Å². The van der Waals surface area contributed by atoms with E-state index in [0.29, 0.717) is 6.54 Å². The number of aromatic nitrogens is 1. The van der Waals surface area contributed by atoms with Crippen LogP contribution in [0.5, 0.6) is 0 Å². The van der Waals surface area contributed by atoms with E-state index >= 15 is 0 Å². The number of nitrogens with zero attached hydrogens (tertiary/aromatic N) is 1. The second-order valence-electron chi connectivity index (χ2n) is 2.87. The Kier molecular flexibility index (Phi) is 4.86. The molecule has 13 heavy (non-hydrogen) atoms. The molecule has 2 nitrogen and oxygen atoms in total. The Bertz CT molecular complexity index is 250. The lowest BCUT2D eigenvalue weighted by molar-refractivity contribution is 0.891. The monoisotopic (exact) mass is 196 g/mol. The van der Waals surface area contributed by atoms with Gasteiger partial charge < -0.3 is 5.73 Å². The van der Waals surface area contributed by atoms with Crippen molar-refractivity contribution in [2.24, 2.45) is 5.73 Å². The first kappa shape index (κ1) is 10.5. The van der Waals surface area contributed by atoms with Crippen LogP contribution in [0.1, 0.15) is 25.3 Å². The Morgan fingerprint density at radius 1 is 1.54 bits per heavy atom. The van der Waals surface area contributed by atoms with Gasteiger partial charge in [-0.1, -0.05) is 19.4 Å². The first-order valence-corrected chi connectivity index (χ1v) is 5.63. The van der Waals surface area contributed by atoms with Gasteiger partial charge in [-0.15, -0.1) is 11.8 Å². The first-order chi connectivity index (χ1) is 6.38. The zero-order chi connectivity index (χ0) is 9.52. The molecular weight excluding hydrogens is 180 g/mol. The van der Waals surface area contributed by atoms with E-state index in [1.165, 1.54) is 12.8 Å². The van der Waals surface area contributed by atoms with Gasteiger partial charge in [-0.2, -0.15) is 0 Å². The van der Waals surface area contributed by atoms with Crippen molar-refractivity contribution in [2.45, 2.75) is 31.3 Å². The molecule has 2 N–H and O–H groups in total. The summed E-state index contributed by atoms with van der Waals surface area (Å²) in [7, 11) is 0. The van der Waals surface area contributed by atoms with Crippen molar-refractivity contribution >= 4 is 11.8 Å².